The highest BCUT2D eigenvalue weighted by Crippen LogP contribution is 2.24. The van der Waals surface area contributed by atoms with Gasteiger partial charge in [0.2, 0.25) is 0 Å². The van der Waals surface area contributed by atoms with Gasteiger partial charge in [0.15, 0.2) is 11.8 Å². The molecule has 24 heavy (non-hydrogen) atoms. The smallest absolute Gasteiger partial charge is 0.358 e. The van der Waals surface area contributed by atoms with Crippen molar-refractivity contribution >= 4 is 23.2 Å². The number of thiazole rings is 1. The van der Waals surface area contributed by atoms with Gasteiger partial charge in [-0.3, -0.25) is 4.79 Å². The highest BCUT2D eigenvalue weighted by atomic mass is 32.1. The minimum atomic E-state index is -0.819. The number of nitrogens with zero attached hydrogens (tertiary/aromatic N) is 1. The Morgan fingerprint density at radius 1 is 1.25 bits per heavy atom. The maximum Gasteiger partial charge on any atom is 0.358 e. The van der Waals surface area contributed by atoms with Crippen LogP contribution >= 0.6 is 11.3 Å². The fourth-order valence-corrected chi connectivity index (χ4v) is 3.54. The van der Waals surface area contributed by atoms with Gasteiger partial charge >= 0.3 is 5.97 Å². The molecule has 5 nitrogen and oxygen atoms in total. The predicted molar refractivity (Wildman–Crippen MR) is 92.8 cm³/mol. The van der Waals surface area contributed by atoms with Crippen LogP contribution in [0, 0.1) is 0 Å². The minimum absolute atomic E-state index is 0.211. The van der Waals surface area contributed by atoms with Gasteiger partial charge in [-0.05, 0) is 19.8 Å². The van der Waals surface area contributed by atoms with Crippen LogP contribution in [0.2, 0.25) is 0 Å². The van der Waals surface area contributed by atoms with Gasteiger partial charge in [-0.2, -0.15) is 0 Å². The molecular weight excluding hydrogens is 324 g/mol. The molecule has 1 amide bonds. The normalized spacial score (nSPS) is 15.9. The highest BCUT2D eigenvalue weighted by molar-refractivity contribution is 7.13. The molecule has 2 aromatic rings. The summed E-state index contributed by atoms with van der Waals surface area (Å²) in [5, 5.41) is 5.35. The number of hydrogen-bond donors (Lipinski definition) is 1. The topological polar surface area (TPSA) is 68.3 Å². The maximum absolute atomic E-state index is 12.2. The number of carbonyl (C=O) groups excluding carboxylic acids is 2. The number of carbonyl (C=O) groups is 2. The number of rotatable bonds is 5. The monoisotopic (exact) mass is 344 g/mol. The Balaban J connectivity index is 1.58. The lowest BCUT2D eigenvalue weighted by Crippen LogP contribution is -2.40. The summed E-state index contributed by atoms with van der Waals surface area (Å²) in [7, 11) is 0. The lowest BCUT2D eigenvalue weighted by molar-refractivity contribution is -0.129. The molecule has 3 rings (SSSR count). The number of aromatic nitrogens is 1. The molecule has 1 aromatic carbocycles. The molecule has 126 valence electrons. The van der Waals surface area contributed by atoms with Gasteiger partial charge in [-0.25, -0.2) is 9.78 Å². The van der Waals surface area contributed by atoms with Crippen molar-refractivity contribution in [3.63, 3.8) is 0 Å². The third-order valence-electron chi connectivity index (χ3n) is 4.09. The van der Waals surface area contributed by atoms with Gasteiger partial charge in [0.25, 0.3) is 5.91 Å². The molecule has 0 spiro atoms. The first kappa shape index (κ1) is 16.6. The molecule has 1 aliphatic rings. The lowest BCUT2D eigenvalue weighted by Gasteiger charge is -2.16. The average molecular weight is 344 g/mol. The van der Waals surface area contributed by atoms with Crippen molar-refractivity contribution in [2.75, 3.05) is 0 Å². The zero-order chi connectivity index (χ0) is 16.9. The molecule has 0 saturated heterocycles. The summed E-state index contributed by atoms with van der Waals surface area (Å²) in [6, 6.07) is 9.85. The Labute approximate surface area is 145 Å². The van der Waals surface area contributed by atoms with Gasteiger partial charge in [-0.15, -0.1) is 11.3 Å². The van der Waals surface area contributed by atoms with E-state index in [1.165, 1.54) is 11.3 Å². The van der Waals surface area contributed by atoms with E-state index < -0.39 is 12.1 Å². The molecule has 1 heterocycles. The fourth-order valence-electron chi connectivity index (χ4n) is 2.74. The van der Waals surface area contributed by atoms with E-state index in [1.54, 1.807) is 12.3 Å². The van der Waals surface area contributed by atoms with E-state index in [-0.39, 0.29) is 17.6 Å². The van der Waals surface area contributed by atoms with E-state index in [2.05, 4.69) is 10.3 Å². The number of benzene rings is 1. The SMILES string of the molecule is CC(OC(=O)c1csc(-c2ccccc2)n1)C(=O)NC1CCCC1. The van der Waals surface area contributed by atoms with Gasteiger partial charge in [0, 0.05) is 17.0 Å². The summed E-state index contributed by atoms with van der Waals surface area (Å²) < 4.78 is 5.25. The highest BCUT2D eigenvalue weighted by Gasteiger charge is 2.24. The number of esters is 1. The Hall–Kier alpha value is -2.21. The first-order valence-electron chi connectivity index (χ1n) is 8.16. The third kappa shape index (κ3) is 4.00. The first-order valence-corrected chi connectivity index (χ1v) is 9.04. The van der Waals surface area contributed by atoms with Crippen LogP contribution in [0.5, 0.6) is 0 Å². The Kier molecular flexibility index (Phi) is 5.25. The van der Waals surface area contributed by atoms with Crippen molar-refractivity contribution in [3.05, 3.63) is 41.4 Å². The van der Waals surface area contributed by atoms with Crippen molar-refractivity contribution in [2.24, 2.45) is 0 Å². The Morgan fingerprint density at radius 3 is 2.67 bits per heavy atom. The quantitative estimate of drug-likeness (QED) is 0.844. The molecule has 1 aromatic heterocycles. The molecule has 1 N–H and O–H groups in total. The van der Waals surface area contributed by atoms with Gasteiger partial charge in [0.05, 0.1) is 0 Å². The molecule has 1 saturated carbocycles. The minimum Gasteiger partial charge on any atom is -0.448 e. The van der Waals surface area contributed by atoms with Crippen molar-refractivity contribution < 1.29 is 14.3 Å². The maximum atomic E-state index is 12.2. The molecule has 0 aliphatic heterocycles. The van der Waals surface area contributed by atoms with Crippen LogP contribution in [-0.2, 0) is 9.53 Å². The number of amides is 1. The summed E-state index contributed by atoms with van der Waals surface area (Å²) in [6.07, 6.45) is 3.46. The molecule has 1 atom stereocenters. The molecule has 1 unspecified atom stereocenters. The van der Waals surface area contributed by atoms with Crippen LogP contribution in [0.3, 0.4) is 0 Å². The number of hydrogen-bond acceptors (Lipinski definition) is 5. The van der Waals surface area contributed by atoms with Crippen molar-refractivity contribution in [2.45, 2.75) is 44.8 Å². The second-order valence-electron chi connectivity index (χ2n) is 5.94. The summed E-state index contributed by atoms with van der Waals surface area (Å²) in [5.41, 5.74) is 1.19. The third-order valence-corrected chi connectivity index (χ3v) is 4.98. The van der Waals surface area contributed by atoms with Crippen LogP contribution in [0.4, 0.5) is 0 Å². The van der Waals surface area contributed by atoms with E-state index in [0.29, 0.717) is 0 Å². The van der Waals surface area contributed by atoms with Crippen molar-refractivity contribution in [3.8, 4) is 10.6 Å². The Bertz CT molecular complexity index is 708. The largest absolute Gasteiger partial charge is 0.448 e. The van der Waals surface area contributed by atoms with Gasteiger partial charge < -0.3 is 10.1 Å². The van der Waals surface area contributed by atoms with Crippen LogP contribution in [0.15, 0.2) is 35.7 Å². The average Bonchev–Trinajstić information content (AvgIpc) is 3.27. The van der Waals surface area contributed by atoms with E-state index in [0.717, 1.165) is 36.3 Å². The van der Waals surface area contributed by atoms with E-state index in [4.69, 9.17) is 4.74 Å². The first-order chi connectivity index (χ1) is 11.6. The zero-order valence-corrected chi connectivity index (χ0v) is 14.3. The summed E-state index contributed by atoms with van der Waals surface area (Å²) in [6.45, 7) is 1.59. The second-order valence-corrected chi connectivity index (χ2v) is 6.80. The van der Waals surface area contributed by atoms with E-state index in [1.807, 2.05) is 30.3 Å². The van der Waals surface area contributed by atoms with Crippen LogP contribution in [-0.4, -0.2) is 29.0 Å². The molecule has 0 bridgehead atoms. The van der Waals surface area contributed by atoms with Crippen molar-refractivity contribution in [1.29, 1.82) is 0 Å². The lowest BCUT2D eigenvalue weighted by atomic mass is 10.2. The molecule has 1 aliphatic carbocycles. The van der Waals surface area contributed by atoms with Gasteiger partial charge in [-0.1, -0.05) is 43.2 Å². The molecule has 1 fully saturated rings. The number of ether oxygens (including phenoxy) is 1. The summed E-state index contributed by atoms with van der Waals surface area (Å²) in [4.78, 5) is 28.6. The zero-order valence-electron chi connectivity index (χ0n) is 13.5. The number of nitrogens with one attached hydrogen (secondary N) is 1. The van der Waals surface area contributed by atoms with E-state index >= 15 is 0 Å². The fraction of sp³-hybridized carbons (Fsp3) is 0.389. The summed E-state index contributed by atoms with van der Waals surface area (Å²) in [5.74, 6) is -0.809. The molecule has 0 radical (unpaired) electrons. The summed E-state index contributed by atoms with van der Waals surface area (Å²) >= 11 is 1.38. The standard InChI is InChI=1S/C18H20N2O3S/c1-12(16(21)19-14-9-5-6-10-14)23-18(22)15-11-24-17(20-15)13-7-3-2-4-8-13/h2-4,7-8,11-12,14H,5-6,9-10H2,1H3,(H,19,21). The van der Waals surface area contributed by atoms with Crippen LogP contribution < -0.4 is 5.32 Å². The van der Waals surface area contributed by atoms with Crippen molar-refractivity contribution in [1.82, 2.24) is 10.3 Å². The molecular formula is C18H20N2O3S. The van der Waals surface area contributed by atoms with Crippen LogP contribution in [0.25, 0.3) is 10.6 Å². The van der Waals surface area contributed by atoms with E-state index in [9.17, 15) is 9.59 Å². The molecule has 6 heteroatoms. The van der Waals surface area contributed by atoms with Gasteiger partial charge in [0.1, 0.15) is 5.01 Å². The predicted octanol–water partition coefficient (Wildman–Crippen LogP) is 3.41. The Morgan fingerprint density at radius 2 is 1.96 bits per heavy atom. The second kappa shape index (κ2) is 7.57. The van der Waals surface area contributed by atoms with Crippen LogP contribution in [0.1, 0.15) is 43.1 Å².